The van der Waals surface area contributed by atoms with E-state index in [1.807, 2.05) is 36.0 Å². The molecule has 4 heterocycles. The lowest BCUT2D eigenvalue weighted by atomic mass is 9.91. The van der Waals surface area contributed by atoms with Crippen molar-refractivity contribution in [3.8, 4) is 5.75 Å². The fourth-order valence-electron chi connectivity index (χ4n) is 6.01. The maximum atomic E-state index is 14.6. The second kappa shape index (κ2) is 12.4. The zero-order valence-electron chi connectivity index (χ0n) is 26.6. The van der Waals surface area contributed by atoms with Gasteiger partial charge in [-0.3, -0.25) is 15.1 Å². The molecule has 1 fully saturated rings. The van der Waals surface area contributed by atoms with E-state index in [0.717, 1.165) is 11.4 Å². The van der Waals surface area contributed by atoms with Gasteiger partial charge in [0.05, 0.1) is 35.2 Å². The summed E-state index contributed by atoms with van der Waals surface area (Å²) in [7, 11) is 5.21. The van der Waals surface area contributed by atoms with Crippen molar-refractivity contribution in [3.63, 3.8) is 0 Å². The van der Waals surface area contributed by atoms with Crippen molar-refractivity contribution < 1.29 is 23.6 Å². The fraction of sp³-hybridized carbons (Fsp3) is 0.484. The number of rotatable bonds is 10. The lowest BCUT2D eigenvalue weighted by Gasteiger charge is -2.29. The molecule has 3 aromatic rings. The van der Waals surface area contributed by atoms with Crippen LogP contribution in [0.25, 0.3) is 0 Å². The summed E-state index contributed by atoms with van der Waals surface area (Å²) in [6, 6.07) is 6.37. The Balaban J connectivity index is 1.57. The molecule has 1 aromatic carbocycles. The third-order valence-electron chi connectivity index (χ3n) is 7.85. The Labute approximate surface area is 261 Å². The van der Waals surface area contributed by atoms with Crippen LogP contribution in [0.1, 0.15) is 50.2 Å². The Kier molecular flexibility index (Phi) is 8.79. The number of carbonyl (C=O) groups excluding carboxylic acids is 1. The zero-order chi connectivity index (χ0) is 32.6. The Morgan fingerprint density at radius 2 is 2.02 bits per heavy atom. The lowest BCUT2D eigenvalue weighted by Crippen LogP contribution is -2.37. The van der Waals surface area contributed by atoms with Crippen molar-refractivity contribution in [2.24, 2.45) is 0 Å². The molecular weight excluding hydrogens is 583 g/mol. The molecule has 2 atom stereocenters. The van der Waals surface area contributed by atoms with Crippen LogP contribution in [0.3, 0.4) is 0 Å². The van der Waals surface area contributed by atoms with Gasteiger partial charge in [0, 0.05) is 62.0 Å². The Morgan fingerprint density at radius 3 is 2.69 bits per heavy atom. The number of pyridine rings is 1. The molecule has 1 N–H and O–H groups in total. The summed E-state index contributed by atoms with van der Waals surface area (Å²) in [4.78, 5) is 44.3. The van der Waals surface area contributed by atoms with Crippen LogP contribution in [0.15, 0.2) is 36.7 Å². The summed E-state index contributed by atoms with van der Waals surface area (Å²) in [5, 5.41) is 15.4. The van der Waals surface area contributed by atoms with E-state index in [1.165, 1.54) is 19.4 Å². The number of nitrogens with zero attached hydrogens (tertiary/aromatic N) is 7. The number of esters is 1. The first-order valence-corrected chi connectivity index (χ1v) is 14.8. The van der Waals surface area contributed by atoms with Crippen LogP contribution < -0.4 is 19.9 Å². The predicted molar refractivity (Wildman–Crippen MR) is 169 cm³/mol. The number of ether oxygens (including phenoxy) is 2. The summed E-state index contributed by atoms with van der Waals surface area (Å²) >= 11 is 0. The number of halogens is 1. The molecule has 0 amide bonds. The number of methoxy groups -OCH3 is 1. The zero-order valence-corrected chi connectivity index (χ0v) is 26.6. The molecule has 5 rings (SSSR count). The standard InChI is InChI=1S/C31H39FN8O5/c1-18(2)45-29(41)21-14-34-30(36-28(21)39-17-31(3,4)27-23(39)9-8-10-33-27)35-22-12-25(40(42)43)24(13-26(22)44-7)38-15-19(32)11-20(38)16-37(5)6/h8-10,12-14,18-20H,11,15-17H2,1-7H3,(H,34,35,36)/t19-,20+/m0/s1. The largest absolute Gasteiger partial charge is 0.494 e. The molecule has 1 saturated heterocycles. The summed E-state index contributed by atoms with van der Waals surface area (Å²) < 4.78 is 25.7. The van der Waals surface area contributed by atoms with Gasteiger partial charge in [-0.1, -0.05) is 13.8 Å². The van der Waals surface area contributed by atoms with Gasteiger partial charge in [0.25, 0.3) is 5.69 Å². The summed E-state index contributed by atoms with van der Waals surface area (Å²) in [5.74, 6) is 0.0906. The molecule has 2 aliphatic heterocycles. The van der Waals surface area contributed by atoms with Gasteiger partial charge >= 0.3 is 5.97 Å². The Morgan fingerprint density at radius 1 is 1.27 bits per heavy atom. The number of nitrogens with one attached hydrogen (secondary N) is 1. The third-order valence-corrected chi connectivity index (χ3v) is 7.85. The van der Waals surface area contributed by atoms with Crippen molar-refractivity contribution in [2.75, 3.05) is 56.0 Å². The fourth-order valence-corrected chi connectivity index (χ4v) is 6.01. The molecule has 14 heteroatoms. The SMILES string of the molecule is COc1cc(N2C[C@@H](F)C[C@@H]2CN(C)C)c([N+](=O)[O-])cc1Nc1ncc(C(=O)OC(C)C)c(N2CC(C)(C)c3ncccc32)n1. The maximum Gasteiger partial charge on any atom is 0.343 e. The Hall–Kier alpha value is -4.59. The first-order chi connectivity index (χ1) is 21.3. The van der Waals surface area contributed by atoms with Crippen molar-refractivity contribution in [3.05, 3.63) is 58.0 Å². The average molecular weight is 623 g/mol. The first-order valence-electron chi connectivity index (χ1n) is 14.8. The topological polar surface area (TPSA) is 139 Å². The number of nitro groups is 1. The predicted octanol–water partition coefficient (Wildman–Crippen LogP) is 5.00. The van der Waals surface area contributed by atoms with E-state index >= 15 is 0 Å². The minimum absolute atomic E-state index is 0.0399. The molecule has 13 nitrogen and oxygen atoms in total. The van der Waals surface area contributed by atoms with Crippen LogP contribution in [-0.4, -0.2) is 89.9 Å². The normalized spacial score (nSPS) is 18.8. The number of anilines is 5. The van der Waals surface area contributed by atoms with Crippen LogP contribution in [0.4, 0.5) is 38.9 Å². The highest BCUT2D eigenvalue weighted by Crippen LogP contribution is 2.45. The highest BCUT2D eigenvalue weighted by molar-refractivity contribution is 5.96. The van der Waals surface area contributed by atoms with Gasteiger partial charge in [0.15, 0.2) is 5.82 Å². The van der Waals surface area contributed by atoms with Gasteiger partial charge in [-0.05, 0) is 40.1 Å². The van der Waals surface area contributed by atoms with E-state index in [0.29, 0.717) is 18.9 Å². The molecule has 2 aliphatic rings. The van der Waals surface area contributed by atoms with Crippen molar-refractivity contribution in [2.45, 2.75) is 57.8 Å². The number of aromatic nitrogens is 3. The number of fused-ring (bicyclic) bond motifs is 1. The van der Waals surface area contributed by atoms with Gasteiger partial charge in [-0.15, -0.1) is 0 Å². The van der Waals surface area contributed by atoms with Crippen LogP contribution >= 0.6 is 0 Å². The van der Waals surface area contributed by atoms with Gasteiger partial charge in [-0.2, -0.15) is 4.98 Å². The van der Waals surface area contributed by atoms with E-state index in [-0.39, 0.29) is 64.8 Å². The van der Waals surface area contributed by atoms with Crippen molar-refractivity contribution in [1.29, 1.82) is 0 Å². The molecule has 0 spiro atoms. The van der Waals surface area contributed by atoms with Gasteiger partial charge in [0.2, 0.25) is 5.95 Å². The monoisotopic (exact) mass is 622 g/mol. The van der Waals surface area contributed by atoms with Crippen LogP contribution in [0, 0.1) is 10.1 Å². The van der Waals surface area contributed by atoms with Crippen molar-refractivity contribution >= 4 is 40.5 Å². The molecule has 45 heavy (non-hydrogen) atoms. The summed E-state index contributed by atoms with van der Waals surface area (Å²) in [5.41, 5.74) is 1.77. The average Bonchev–Trinajstić information content (AvgIpc) is 3.47. The van der Waals surface area contributed by atoms with Crippen LogP contribution in [-0.2, 0) is 10.2 Å². The second-order valence-corrected chi connectivity index (χ2v) is 12.6. The third kappa shape index (κ3) is 6.46. The first kappa shape index (κ1) is 31.8. The molecular formula is C31H39FN8O5. The lowest BCUT2D eigenvalue weighted by molar-refractivity contribution is -0.384. The molecule has 0 aliphatic carbocycles. The quantitative estimate of drug-likeness (QED) is 0.185. The minimum Gasteiger partial charge on any atom is -0.494 e. The molecule has 2 aromatic heterocycles. The minimum atomic E-state index is -1.11. The molecule has 240 valence electrons. The van der Waals surface area contributed by atoms with Gasteiger partial charge < -0.3 is 29.5 Å². The van der Waals surface area contributed by atoms with E-state index < -0.39 is 17.1 Å². The highest BCUT2D eigenvalue weighted by atomic mass is 19.1. The highest BCUT2D eigenvalue weighted by Gasteiger charge is 2.40. The van der Waals surface area contributed by atoms with Gasteiger partial charge in [0.1, 0.15) is 23.2 Å². The molecule has 0 radical (unpaired) electrons. The number of hydrogen-bond acceptors (Lipinski definition) is 12. The number of carbonyl (C=O) groups is 1. The number of nitro benzene ring substituents is 1. The van der Waals surface area contributed by atoms with Crippen LogP contribution in [0.5, 0.6) is 5.75 Å². The summed E-state index contributed by atoms with van der Waals surface area (Å²) in [6.07, 6.45) is 1.90. The number of hydrogen-bond donors (Lipinski definition) is 1. The smallest absolute Gasteiger partial charge is 0.343 e. The molecule has 0 saturated carbocycles. The van der Waals surface area contributed by atoms with Crippen molar-refractivity contribution in [1.82, 2.24) is 19.9 Å². The second-order valence-electron chi connectivity index (χ2n) is 12.6. The van der Waals surface area contributed by atoms with E-state index in [2.05, 4.69) is 29.1 Å². The molecule has 0 unspecified atom stereocenters. The Bertz CT molecular complexity index is 1600. The van der Waals surface area contributed by atoms with E-state index in [1.54, 1.807) is 31.0 Å². The molecule has 0 bridgehead atoms. The maximum absolute atomic E-state index is 14.6. The van der Waals surface area contributed by atoms with E-state index in [4.69, 9.17) is 14.5 Å². The van der Waals surface area contributed by atoms with Gasteiger partial charge in [-0.25, -0.2) is 14.2 Å². The van der Waals surface area contributed by atoms with Crippen LogP contribution in [0.2, 0.25) is 0 Å². The summed E-state index contributed by atoms with van der Waals surface area (Å²) in [6.45, 7) is 8.70. The number of likely N-dealkylation sites (N-methyl/N-ethyl adjacent to an activating group) is 1. The number of alkyl halides is 1. The van der Waals surface area contributed by atoms with E-state index in [9.17, 15) is 19.3 Å². The number of benzene rings is 1.